The standard InChI is InChI=1S/C15H18F3N3O3/c16-15(17,18)11-1-3-12(4-2-11)20-14(23)13(22)19-5-6-21-7-9-24-10-8-21/h1-4H,5-10H2,(H,19,22)(H,20,23). The smallest absolute Gasteiger partial charge is 0.379 e. The van der Waals surface area contributed by atoms with Crippen LogP contribution in [0.3, 0.4) is 0 Å². The molecule has 0 atom stereocenters. The number of nitrogens with zero attached hydrogens (tertiary/aromatic N) is 1. The Hall–Kier alpha value is -2.13. The molecule has 2 rings (SSSR count). The Bertz CT molecular complexity index is 570. The van der Waals surface area contributed by atoms with Crippen LogP contribution in [0.2, 0.25) is 0 Å². The minimum absolute atomic E-state index is 0.122. The summed E-state index contributed by atoms with van der Waals surface area (Å²) in [6, 6.07) is 3.88. The summed E-state index contributed by atoms with van der Waals surface area (Å²) in [7, 11) is 0. The largest absolute Gasteiger partial charge is 0.416 e. The molecule has 1 aliphatic heterocycles. The van der Waals surface area contributed by atoms with E-state index in [1.54, 1.807) is 0 Å². The molecule has 1 aromatic carbocycles. The Morgan fingerprint density at radius 3 is 2.29 bits per heavy atom. The maximum absolute atomic E-state index is 12.4. The van der Waals surface area contributed by atoms with Crippen molar-refractivity contribution in [3.05, 3.63) is 29.8 Å². The van der Waals surface area contributed by atoms with Crippen molar-refractivity contribution in [1.82, 2.24) is 10.2 Å². The fourth-order valence-electron chi connectivity index (χ4n) is 2.16. The molecule has 1 aliphatic rings. The molecule has 1 fully saturated rings. The van der Waals surface area contributed by atoms with Crippen LogP contribution in [0.5, 0.6) is 0 Å². The van der Waals surface area contributed by atoms with E-state index in [2.05, 4.69) is 15.5 Å². The fourth-order valence-corrected chi connectivity index (χ4v) is 2.16. The van der Waals surface area contributed by atoms with Gasteiger partial charge in [0.2, 0.25) is 0 Å². The molecule has 6 nitrogen and oxygen atoms in total. The van der Waals surface area contributed by atoms with Crippen LogP contribution in [0.1, 0.15) is 5.56 Å². The third kappa shape index (κ3) is 5.50. The number of nitrogens with one attached hydrogen (secondary N) is 2. The number of rotatable bonds is 4. The highest BCUT2D eigenvalue weighted by Crippen LogP contribution is 2.29. The average molecular weight is 345 g/mol. The van der Waals surface area contributed by atoms with Gasteiger partial charge in [0.15, 0.2) is 0 Å². The Kier molecular flexibility index (Phi) is 6.16. The summed E-state index contributed by atoms with van der Waals surface area (Å²) in [6.07, 6.45) is -4.45. The van der Waals surface area contributed by atoms with E-state index in [1.807, 2.05) is 0 Å². The number of benzene rings is 1. The second-order valence-corrected chi connectivity index (χ2v) is 5.24. The molecule has 0 radical (unpaired) electrons. The van der Waals surface area contributed by atoms with Gasteiger partial charge in [0.1, 0.15) is 0 Å². The molecule has 1 aromatic rings. The first kappa shape index (κ1) is 18.2. The van der Waals surface area contributed by atoms with Crippen LogP contribution in [0.25, 0.3) is 0 Å². The predicted octanol–water partition coefficient (Wildman–Crippen LogP) is 1.09. The van der Waals surface area contributed by atoms with Crippen LogP contribution in [0, 0.1) is 0 Å². The van der Waals surface area contributed by atoms with Crippen molar-refractivity contribution in [2.24, 2.45) is 0 Å². The molecule has 0 bridgehead atoms. The average Bonchev–Trinajstić information content (AvgIpc) is 2.55. The molecule has 2 N–H and O–H groups in total. The second kappa shape index (κ2) is 8.11. The van der Waals surface area contributed by atoms with Gasteiger partial charge < -0.3 is 15.4 Å². The lowest BCUT2D eigenvalue weighted by molar-refractivity contribution is -0.137. The molecule has 0 spiro atoms. The first-order valence-electron chi connectivity index (χ1n) is 7.43. The summed E-state index contributed by atoms with van der Waals surface area (Å²) in [6.45, 7) is 3.73. The molecule has 132 valence electrons. The zero-order valence-electron chi connectivity index (χ0n) is 12.9. The van der Waals surface area contributed by atoms with E-state index in [-0.39, 0.29) is 5.69 Å². The van der Waals surface area contributed by atoms with E-state index in [9.17, 15) is 22.8 Å². The van der Waals surface area contributed by atoms with Gasteiger partial charge in [-0.3, -0.25) is 14.5 Å². The molecule has 0 saturated carbocycles. The molecule has 1 heterocycles. The number of ether oxygens (including phenoxy) is 1. The summed E-state index contributed by atoms with van der Waals surface area (Å²) < 4.78 is 42.5. The molecule has 24 heavy (non-hydrogen) atoms. The molecule has 2 amide bonds. The Morgan fingerprint density at radius 1 is 1.08 bits per heavy atom. The summed E-state index contributed by atoms with van der Waals surface area (Å²) in [4.78, 5) is 25.5. The van der Waals surface area contributed by atoms with E-state index >= 15 is 0 Å². The lowest BCUT2D eigenvalue weighted by atomic mass is 10.2. The van der Waals surface area contributed by atoms with Crippen LogP contribution in [-0.2, 0) is 20.5 Å². The van der Waals surface area contributed by atoms with Gasteiger partial charge in [-0.25, -0.2) is 0 Å². The quantitative estimate of drug-likeness (QED) is 0.802. The Balaban J connectivity index is 1.75. The van der Waals surface area contributed by atoms with Crippen LogP contribution in [-0.4, -0.2) is 56.1 Å². The van der Waals surface area contributed by atoms with Gasteiger partial charge in [-0.2, -0.15) is 13.2 Å². The van der Waals surface area contributed by atoms with Crippen molar-refractivity contribution in [3.8, 4) is 0 Å². The van der Waals surface area contributed by atoms with Crippen molar-refractivity contribution in [3.63, 3.8) is 0 Å². The van der Waals surface area contributed by atoms with Crippen molar-refractivity contribution >= 4 is 17.5 Å². The number of alkyl halides is 3. The van der Waals surface area contributed by atoms with Crippen molar-refractivity contribution in [1.29, 1.82) is 0 Å². The van der Waals surface area contributed by atoms with Crippen LogP contribution < -0.4 is 10.6 Å². The highest BCUT2D eigenvalue weighted by atomic mass is 19.4. The molecule has 0 aromatic heterocycles. The molecular weight excluding hydrogens is 327 g/mol. The maximum atomic E-state index is 12.4. The Morgan fingerprint density at radius 2 is 1.71 bits per heavy atom. The third-order valence-electron chi connectivity index (χ3n) is 3.49. The summed E-state index contributed by atoms with van der Waals surface area (Å²) in [5.41, 5.74) is -0.702. The van der Waals surface area contributed by atoms with Gasteiger partial charge in [0, 0.05) is 31.9 Å². The highest BCUT2D eigenvalue weighted by Gasteiger charge is 2.30. The zero-order chi connectivity index (χ0) is 17.6. The van der Waals surface area contributed by atoms with Gasteiger partial charge in [-0.15, -0.1) is 0 Å². The summed E-state index contributed by atoms with van der Waals surface area (Å²) in [5, 5.41) is 4.73. The first-order valence-corrected chi connectivity index (χ1v) is 7.43. The van der Waals surface area contributed by atoms with E-state index in [0.717, 1.165) is 37.4 Å². The molecule has 0 unspecified atom stereocenters. The topological polar surface area (TPSA) is 70.7 Å². The molecule has 1 saturated heterocycles. The minimum Gasteiger partial charge on any atom is -0.379 e. The minimum atomic E-state index is -4.45. The van der Waals surface area contributed by atoms with Crippen molar-refractivity contribution in [2.45, 2.75) is 6.18 Å². The Labute approximate surface area is 137 Å². The normalized spacial score (nSPS) is 15.8. The number of amides is 2. The monoisotopic (exact) mass is 345 g/mol. The number of carbonyl (C=O) groups is 2. The van der Waals surface area contributed by atoms with Gasteiger partial charge in [0.05, 0.1) is 18.8 Å². The number of morpholine rings is 1. The van der Waals surface area contributed by atoms with Gasteiger partial charge >= 0.3 is 18.0 Å². The lowest BCUT2D eigenvalue weighted by Crippen LogP contribution is -2.43. The van der Waals surface area contributed by atoms with E-state index in [1.165, 1.54) is 0 Å². The van der Waals surface area contributed by atoms with Crippen molar-refractivity contribution < 1.29 is 27.5 Å². The predicted molar refractivity (Wildman–Crippen MR) is 80.3 cm³/mol. The SMILES string of the molecule is O=C(NCCN1CCOCC1)C(=O)Nc1ccc(C(F)(F)F)cc1. The summed E-state index contributed by atoms with van der Waals surface area (Å²) in [5.74, 6) is -1.75. The number of hydrogen-bond acceptors (Lipinski definition) is 4. The van der Waals surface area contributed by atoms with E-state index < -0.39 is 23.6 Å². The lowest BCUT2D eigenvalue weighted by Gasteiger charge is -2.26. The number of carbonyl (C=O) groups excluding carboxylic acids is 2. The highest BCUT2D eigenvalue weighted by molar-refractivity contribution is 6.39. The van der Waals surface area contributed by atoms with Crippen LogP contribution in [0.4, 0.5) is 18.9 Å². The number of halogens is 3. The second-order valence-electron chi connectivity index (χ2n) is 5.24. The zero-order valence-corrected chi connectivity index (χ0v) is 12.9. The molecule has 9 heteroatoms. The van der Waals surface area contributed by atoms with Crippen molar-refractivity contribution in [2.75, 3.05) is 44.7 Å². The number of anilines is 1. The van der Waals surface area contributed by atoms with Gasteiger partial charge in [0.25, 0.3) is 0 Å². The summed E-state index contributed by atoms with van der Waals surface area (Å²) >= 11 is 0. The van der Waals surface area contributed by atoms with E-state index in [0.29, 0.717) is 26.3 Å². The van der Waals surface area contributed by atoms with Crippen LogP contribution >= 0.6 is 0 Å². The molecule has 0 aliphatic carbocycles. The fraction of sp³-hybridized carbons (Fsp3) is 0.467. The van der Waals surface area contributed by atoms with Gasteiger partial charge in [-0.1, -0.05) is 0 Å². The maximum Gasteiger partial charge on any atom is 0.416 e. The van der Waals surface area contributed by atoms with Gasteiger partial charge in [-0.05, 0) is 24.3 Å². The third-order valence-corrected chi connectivity index (χ3v) is 3.49. The van der Waals surface area contributed by atoms with E-state index in [4.69, 9.17) is 4.74 Å². The number of hydrogen-bond donors (Lipinski definition) is 2. The van der Waals surface area contributed by atoms with Crippen LogP contribution in [0.15, 0.2) is 24.3 Å². The molecular formula is C15H18F3N3O3. The first-order chi connectivity index (χ1) is 11.4.